The first kappa shape index (κ1) is 22.0. The lowest BCUT2D eigenvalue weighted by Crippen LogP contribution is -2.39. The highest BCUT2D eigenvalue weighted by atomic mass is 32.1. The first-order chi connectivity index (χ1) is 16.0. The molecule has 9 nitrogen and oxygen atoms in total. The molecule has 0 spiro atoms. The summed E-state index contributed by atoms with van der Waals surface area (Å²) >= 11 is 1.32. The zero-order valence-electron chi connectivity index (χ0n) is 19.1. The number of aryl methyl sites for hydroxylation is 2. The minimum absolute atomic E-state index is 0.0495. The fourth-order valence-electron chi connectivity index (χ4n) is 4.78. The summed E-state index contributed by atoms with van der Waals surface area (Å²) in [6, 6.07) is 4.58. The molecule has 1 saturated heterocycles. The minimum Gasteiger partial charge on any atom is -0.397 e. The molecule has 4 heterocycles. The predicted molar refractivity (Wildman–Crippen MR) is 130 cm³/mol. The van der Waals surface area contributed by atoms with Crippen LogP contribution in [0.4, 0.5) is 11.5 Å². The maximum atomic E-state index is 13.0. The van der Waals surface area contributed by atoms with Crippen LogP contribution in [0.3, 0.4) is 0 Å². The van der Waals surface area contributed by atoms with E-state index in [0.29, 0.717) is 22.4 Å². The van der Waals surface area contributed by atoms with Gasteiger partial charge in [0.25, 0.3) is 5.91 Å². The average molecular weight is 468 g/mol. The van der Waals surface area contributed by atoms with E-state index in [1.165, 1.54) is 16.9 Å². The number of aromatic nitrogens is 3. The molecule has 0 aromatic carbocycles. The monoisotopic (exact) mass is 467 g/mol. The molecule has 3 unspecified atom stereocenters. The molecule has 3 aromatic rings. The van der Waals surface area contributed by atoms with Crippen LogP contribution in [0.15, 0.2) is 18.3 Å². The largest absolute Gasteiger partial charge is 0.397 e. The number of nitrogens with two attached hydrogens (primary N) is 1. The molecule has 33 heavy (non-hydrogen) atoms. The van der Waals surface area contributed by atoms with Gasteiger partial charge in [0.05, 0.1) is 23.2 Å². The van der Waals surface area contributed by atoms with E-state index in [1.54, 1.807) is 13.3 Å². The third-order valence-electron chi connectivity index (χ3n) is 6.66. The van der Waals surface area contributed by atoms with Gasteiger partial charge in [0.1, 0.15) is 21.3 Å². The molecular formula is C23H29N7O2S. The average Bonchev–Trinajstić information content (AvgIpc) is 3.39. The standard InChI is InChI=1S/C23H29N7O2S/c1-12-26-9-15-20(24)21(33-23(15)27-12)22(31)28-14-5-6-16-13(8-14)4-7-19(29-16)30-10-17(25-2)18(11-30)32-3/h4,7,9,14,17-18,25H,5-6,8,10-11,24H2,1-3H3,(H,28,31). The number of pyridine rings is 1. The molecule has 1 fully saturated rings. The van der Waals surface area contributed by atoms with Gasteiger partial charge in [0.15, 0.2) is 0 Å². The molecule has 1 amide bonds. The van der Waals surface area contributed by atoms with Gasteiger partial charge in [-0.05, 0) is 44.9 Å². The maximum absolute atomic E-state index is 13.0. The Hall–Kier alpha value is -2.82. The van der Waals surface area contributed by atoms with Crippen molar-refractivity contribution in [2.75, 3.05) is 37.9 Å². The summed E-state index contributed by atoms with van der Waals surface area (Å²) in [4.78, 5) is 30.1. The third kappa shape index (κ3) is 4.14. The lowest BCUT2D eigenvalue weighted by Gasteiger charge is -2.26. The van der Waals surface area contributed by atoms with Crippen molar-refractivity contribution in [3.63, 3.8) is 0 Å². The molecule has 0 saturated carbocycles. The second-order valence-electron chi connectivity index (χ2n) is 8.74. The van der Waals surface area contributed by atoms with Crippen molar-refractivity contribution in [3.05, 3.63) is 40.3 Å². The minimum atomic E-state index is -0.146. The van der Waals surface area contributed by atoms with Gasteiger partial charge in [-0.2, -0.15) is 0 Å². The molecule has 3 atom stereocenters. The smallest absolute Gasteiger partial charge is 0.263 e. The molecule has 1 aliphatic heterocycles. The van der Waals surface area contributed by atoms with Crippen LogP contribution in [0.2, 0.25) is 0 Å². The highest BCUT2D eigenvalue weighted by Crippen LogP contribution is 2.32. The first-order valence-corrected chi connectivity index (χ1v) is 12.0. The number of carbonyl (C=O) groups excluding carboxylic acids is 1. The fourth-order valence-corrected chi connectivity index (χ4v) is 5.80. The highest BCUT2D eigenvalue weighted by Gasteiger charge is 2.33. The van der Waals surface area contributed by atoms with Crippen molar-refractivity contribution in [2.24, 2.45) is 0 Å². The van der Waals surface area contributed by atoms with Crippen LogP contribution in [0, 0.1) is 6.92 Å². The van der Waals surface area contributed by atoms with Crippen molar-refractivity contribution in [3.8, 4) is 0 Å². The van der Waals surface area contributed by atoms with E-state index in [9.17, 15) is 4.79 Å². The van der Waals surface area contributed by atoms with Crippen LogP contribution in [0.1, 0.15) is 33.2 Å². The Morgan fingerprint density at radius 3 is 2.91 bits per heavy atom. The van der Waals surface area contributed by atoms with E-state index in [1.807, 2.05) is 14.0 Å². The van der Waals surface area contributed by atoms with Gasteiger partial charge in [0, 0.05) is 38.1 Å². The molecule has 10 heteroatoms. The maximum Gasteiger partial charge on any atom is 0.263 e. The number of hydrogen-bond donors (Lipinski definition) is 3. The Morgan fingerprint density at radius 2 is 2.15 bits per heavy atom. The van der Waals surface area contributed by atoms with E-state index < -0.39 is 0 Å². The van der Waals surface area contributed by atoms with Crippen molar-refractivity contribution >= 4 is 39.0 Å². The molecule has 4 N–H and O–H groups in total. The molecule has 174 valence electrons. The number of likely N-dealkylation sites (N-methyl/N-ethyl adjacent to an activating group) is 1. The second kappa shape index (κ2) is 8.85. The summed E-state index contributed by atoms with van der Waals surface area (Å²) in [6.07, 6.45) is 4.28. The number of nitrogens with one attached hydrogen (secondary N) is 2. The second-order valence-corrected chi connectivity index (χ2v) is 9.74. The van der Waals surface area contributed by atoms with Gasteiger partial charge in [-0.25, -0.2) is 15.0 Å². The number of carbonyl (C=O) groups is 1. The molecule has 3 aromatic heterocycles. The van der Waals surface area contributed by atoms with E-state index in [-0.39, 0.29) is 18.1 Å². The van der Waals surface area contributed by atoms with Crippen LogP contribution in [0.5, 0.6) is 0 Å². The normalized spacial score (nSPS) is 22.5. The van der Waals surface area contributed by atoms with Gasteiger partial charge in [-0.15, -0.1) is 11.3 Å². The Balaban J connectivity index is 1.27. The highest BCUT2D eigenvalue weighted by molar-refractivity contribution is 7.21. The van der Waals surface area contributed by atoms with E-state index in [0.717, 1.165) is 54.1 Å². The van der Waals surface area contributed by atoms with Crippen LogP contribution in [0.25, 0.3) is 10.2 Å². The number of fused-ring (bicyclic) bond motifs is 2. The first-order valence-electron chi connectivity index (χ1n) is 11.2. The summed E-state index contributed by atoms with van der Waals surface area (Å²) in [5, 5.41) is 7.23. The van der Waals surface area contributed by atoms with Gasteiger partial charge in [-0.1, -0.05) is 6.07 Å². The topological polar surface area (TPSA) is 118 Å². The summed E-state index contributed by atoms with van der Waals surface area (Å²) in [7, 11) is 3.73. The van der Waals surface area contributed by atoms with Gasteiger partial charge < -0.3 is 26.0 Å². The predicted octanol–water partition coefficient (Wildman–Crippen LogP) is 1.69. The van der Waals surface area contributed by atoms with Gasteiger partial charge >= 0.3 is 0 Å². The number of nitrogen functional groups attached to an aromatic ring is 1. The summed E-state index contributed by atoms with van der Waals surface area (Å²) in [5.41, 5.74) is 8.99. The lowest BCUT2D eigenvalue weighted by molar-refractivity contribution is 0.0938. The molecule has 2 aliphatic rings. The fraction of sp³-hybridized carbons (Fsp3) is 0.478. The molecular weight excluding hydrogens is 438 g/mol. The number of anilines is 2. The number of thiophene rings is 1. The van der Waals surface area contributed by atoms with E-state index >= 15 is 0 Å². The van der Waals surface area contributed by atoms with Crippen molar-refractivity contribution < 1.29 is 9.53 Å². The van der Waals surface area contributed by atoms with Crippen LogP contribution in [-0.2, 0) is 17.6 Å². The summed E-state index contributed by atoms with van der Waals surface area (Å²) < 4.78 is 5.61. The van der Waals surface area contributed by atoms with Gasteiger partial charge in [0.2, 0.25) is 0 Å². The number of nitrogens with zero attached hydrogens (tertiary/aromatic N) is 4. The van der Waals surface area contributed by atoms with Crippen LogP contribution < -0.4 is 21.3 Å². The number of ether oxygens (including phenoxy) is 1. The lowest BCUT2D eigenvalue weighted by atomic mass is 9.91. The molecule has 0 radical (unpaired) electrons. The molecule has 1 aliphatic carbocycles. The zero-order chi connectivity index (χ0) is 23.1. The third-order valence-corrected chi connectivity index (χ3v) is 7.78. The Morgan fingerprint density at radius 1 is 1.30 bits per heavy atom. The number of methoxy groups -OCH3 is 1. The number of hydrogen-bond acceptors (Lipinski definition) is 9. The van der Waals surface area contributed by atoms with E-state index in [2.05, 4.69) is 37.6 Å². The van der Waals surface area contributed by atoms with E-state index in [4.69, 9.17) is 15.5 Å². The van der Waals surface area contributed by atoms with Gasteiger partial charge in [-0.3, -0.25) is 4.79 Å². The zero-order valence-corrected chi connectivity index (χ0v) is 19.9. The van der Waals surface area contributed by atoms with Crippen LogP contribution >= 0.6 is 11.3 Å². The summed E-state index contributed by atoms with van der Waals surface area (Å²) in [6.45, 7) is 3.53. The quantitative estimate of drug-likeness (QED) is 0.519. The Labute approximate surface area is 196 Å². The van der Waals surface area contributed by atoms with Crippen molar-refractivity contribution in [2.45, 2.75) is 44.4 Å². The number of amides is 1. The molecule has 5 rings (SSSR count). The Bertz CT molecular complexity index is 1190. The SMILES string of the molecule is CNC1CN(c2ccc3c(n2)CCC(NC(=O)c2sc4nc(C)ncc4c2N)C3)CC1OC. The summed E-state index contributed by atoms with van der Waals surface area (Å²) in [5.74, 6) is 1.51. The Kier molecular flexibility index (Phi) is 5.90. The van der Waals surface area contributed by atoms with Crippen molar-refractivity contribution in [1.82, 2.24) is 25.6 Å². The number of rotatable bonds is 5. The molecule has 0 bridgehead atoms. The van der Waals surface area contributed by atoms with Crippen molar-refractivity contribution in [1.29, 1.82) is 0 Å². The van der Waals surface area contributed by atoms with Crippen LogP contribution in [-0.4, -0.2) is 66.3 Å².